The molecule has 0 aliphatic carbocycles. The van der Waals surface area contributed by atoms with E-state index in [1.807, 2.05) is 0 Å². The van der Waals surface area contributed by atoms with Gasteiger partial charge in [0.1, 0.15) is 6.61 Å². The minimum atomic E-state index is -1.06. The Morgan fingerprint density at radius 3 is 3.00 bits per heavy atom. The molecule has 1 aliphatic heterocycles. The summed E-state index contributed by atoms with van der Waals surface area (Å²) in [7, 11) is 0. The fourth-order valence-electron chi connectivity index (χ4n) is 1.25. The van der Waals surface area contributed by atoms with Crippen molar-refractivity contribution in [3.63, 3.8) is 0 Å². The molecule has 1 rings (SSSR count). The van der Waals surface area contributed by atoms with Crippen molar-refractivity contribution < 1.29 is 19.4 Å². The van der Waals surface area contributed by atoms with E-state index in [4.69, 9.17) is 5.53 Å². The molecule has 0 fully saturated rings. The first-order chi connectivity index (χ1) is 7.56. The van der Waals surface area contributed by atoms with Crippen LogP contribution >= 0.6 is 0 Å². The van der Waals surface area contributed by atoms with Crippen molar-refractivity contribution in [2.75, 3.05) is 13.2 Å². The van der Waals surface area contributed by atoms with E-state index < -0.39 is 12.3 Å². The molecule has 2 amide bonds. The van der Waals surface area contributed by atoms with Crippen LogP contribution in [0.2, 0.25) is 0 Å². The quantitative estimate of drug-likeness (QED) is 0.429. The van der Waals surface area contributed by atoms with Crippen LogP contribution in [0.15, 0.2) is 16.8 Å². The van der Waals surface area contributed by atoms with E-state index in [0.717, 1.165) is 4.90 Å². The highest BCUT2D eigenvalue weighted by molar-refractivity contribution is 5.91. The summed E-state index contributed by atoms with van der Waals surface area (Å²) in [6.07, 6.45) is -0.737. The topological polar surface area (TPSA) is 116 Å². The summed E-state index contributed by atoms with van der Waals surface area (Å²) in [6, 6.07) is 0. The summed E-state index contributed by atoms with van der Waals surface area (Å²) in [5.74, 6) is -0.343. The molecule has 0 aromatic carbocycles. The number of carbonyl (C=O) groups excluding carboxylic acids is 2. The van der Waals surface area contributed by atoms with E-state index in [0.29, 0.717) is 5.57 Å². The summed E-state index contributed by atoms with van der Waals surface area (Å²) < 4.78 is 4.49. The number of rotatable bonds is 3. The smallest absolute Gasteiger partial charge is 0.396 e. The van der Waals surface area contributed by atoms with Crippen molar-refractivity contribution in [1.82, 2.24) is 4.90 Å². The highest BCUT2D eigenvalue weighted by atomic mass is 16.5. The Morgan fingerprint density at radius 1 is 1.81 bits per heavy atom. The number of hydrogen-bond donors (Lipinski definition) is 1. The molecule has 86 valence electrons. The van der Waals surface area contributed by atoms with Crippen molar-refractivity contribution in [2.24, 2.45) is 5.11 Å². The van der Waals surface area contributed by atoms with Gasteiger partial charge >= 0.3 is 6.09 Å². The molecule has 16 heavy (non-hydrogen) atoms. The fraction of sp³-hybridized carbons (Fsp3) is 0.500. The lowest BCUT2D eigenvalue weighted by Crippen LogP contribution is -2.37. The molecule has 0 saturated heterocycles. The van der Waals surface area contributed by atoms with Crippen LogP contribution in [0.25, 0.3) is 10.4 Å². The van der Waals surface area contributed by atoms with Crippen LogP contribution in [0.5, 0.6) is 0 Å². The fourth-order valence-corrected chi connectivity index (χ4v) is 1.25. The molecule has 0 aromatic rings. The first-order valence-corrected chi connectivity index (χ1v) is 4.45. The van der Waals surface area contributed by atoms with Crippen LogP contribution in [-0.4, -0.2) is 41.4 Å². The van der Waals surface area contributed by atoms with Crippen LogP contribution < -0.4 is 0 Å². The van der Waals surface area contributed by atoms with Gasteiger partial charge in [0.2, 0.25) is 5.91 Å². The Labute approximate surface area is 90.7 Å². The van der Waals surface area contributed by atoms with Gasteiger partial charge < -0.3 is 14.7 Å². The monoisotopic (exact) mass is 226 g/mol. The third-order valence-corrected chi connectivity index (χ3v) is 2.02. The second-order valence-corrected chi connectivity index (χ2v) is 3.10. The summed E-state index contributed by atoms with van der Waals surface area (Å²) >= 11 is 0. The molecule has 1 N–H and O–H groups in total. The van der Waals surface area contributed by atoms with Gasteiger partial charge in [0.05, 0.1) is 6.54 Å². The second kappa shape index (κ2) is 5.15. The molecule has 0 spiro atoms. The standard InChI is InChI=1S/C8H10N4O4/c1-5-4-6(13)12(7(5)14)2-3-16-8(15)10-11-9/h4,7,14H,2-3H2,1H3. The van der Waals surface area contributed by atoms with Crippen molar-refractivity contribution in [3.05, 3.63) is 22.1 Å². The molecule has 1 atom stereocenters. The molecular formula is C8H10N4O4. The van der Waals surface area contributed by atoms with Crippen LogP contribution in [0.1, 0.15) is 6.92 Å². The van der Waals surface area contributed by atoms with Gasteiger partial charge in [-0.2, -0.15) is 0 Å². The molecule has 8 heteroatoms. The molecule has 0 saturated carbocycles. The summed E-state index contributed by atoms with van der Waals surface area (Å²) in [5.41, 5.74) is 8.44. The molecule has 8 nitrogen and oxygen atoms in total. The average Bonchev–Trinajstić information content (AvgIpc) is 2.45. The van der Waals surface area contributed by atoms with Gasteiger partial charge in [0, 0.05) is 16.1 Å². The second-order valence-electron chi connectivity index (χ2n) is 3.10. The van der Waals surface area contributed by atoms with Gasteiger partial charge in [-0.25, -0.2) is 4.79 Å². The normalized spacial score (nSPS) is 19.1. The lowest BCUT2D eigenvalue weighted by Gasteiger charge is -2.21. The maximum Gasteiger partial charge on any atom is 0.396 e. The van der Waals surface area contributed by atoms with Gasteiger partial charge in [-0.3, -0.25) is 4.79 Å². The zero-order valence-electron chi connectivity index (χ0n) is 8.53. The lowest BCUT2D eigenvalue weighted by atomic mass is 10.3. The van der Waals surface area contributed by atoms with Crippen LogP contribution in [0.3, 0.4) is 0 Å². The summed E-state index contributed by atoms with van der Waals surface area (Å²) in [5, 5.41) is 12.2. The van der Waals surface area contributed by atoms with Crippen LogP contribution in [0.4, 0.5) is 4.79 Å². The number of amides is 2. The predicted molar refractivity (Wildman–Crippen MR) is 52.0 cm³/mol. The van der Waals surface area contributed by atoms with Crippen molar-refractivity contribution >= 4 is 12.0 Å². The minimum absolute atomic E-state index is 0.0422. The SMILES string of the molecule is CC1=CC(=O)N(CCOC(=O)N=[N+]=[N-])C1O. The molecule has 1 heterocycles. The molecule has 1 unspecified atom stereocenters. The largest absolute Gasteiger partial charge is 0.459 e. The van der Waals surface area contributed by atoms with E-state index in [9.17, 15) is 14.7 Å². The van der Waals surface area contributed by atoms with Gasteiger partial charge in [0.15, 0.2) is 6.23 Å². The van der Waals surface area contributed by atoms with Gasteiger partial charge in [-0.15, -0.1) is 0 Å². The summed E-state index contributed by atoms with van der Waals surface area (Å²) in [6.45, 7) is 1.52. The highest BCUT2D eigenvalue weighted by Crippen LogP contribution is 2.15. The third kappa shape index (κ3) is 2.72. The predicted octanol–water partition coefficient (Wildman–Crippen LogP) is 0.540. The molecular weight excluding hydrogens is 216 g/mol. The Hall–Kier alpha value is -2.05. The lowest BCUT2D eigenvalue weighted by molar-refractivity contribution is -0.131. The van der Waals surface area contributed by atoms with E-state index in [1.54, 1.807) is 6.92 Å². The molecule has 0 bridgehead atoms. The van der Waals surface area contributed by atoms with Crippen LogP contribution in [-0.2, 0) is 9.53 Å². The van der Waals surface area contributed by atoms with Crippen LogP contribution in [0, 0.1) is 0 Å². The average molecular weight is 226 g/mol. The Kier molecular flexibility index (Phi) is 3.87. The first kappa shape index (κ1) is 12.0. The maximum absolute atomic E-state index is 11.3. The Morgan fingerprint density at radius 2 is 2.50 bits per heavy atom. The summed E-state index contributed by atoms with van der Waals surface area (Å²) in [4.78, 5) is 25.3. The van der Waals surface area contributed by atoms with Gasteiger partial charge in [-0.05, 0) is 18.0 Å². The molecule has 0 aromatic heterocycles. The highest BCUT2D eigenvalue weighted by Gasteiger charge is 2.28. The van der Waals surface area contributed by atoms with E-state index >= 15 is 0 Å². The third-order valence-electron chi connectivity index (χ3n) is 2.02. The number of aliphatic hydroxyl groups excluding tert-OH is 1. The number of aliphatic hydroxyl groups is 1. The zero-order chi connectivity index (χ0) is 12.1. The van der Waals surface area contributed by atoms with Crippen molar-refractivity contribution in [1.29, 1.82) is 0 Å². The van der Waals surface area contributed by atoms with E-state index in [2.05, 4.69) is 14.8 Å². The van der Waals surface area contributed by atoms with Gasteiger partial charge in [-0.1, -0.05) is 0 Å². The maximum atomic E-state index is 11.3. The zero-order valence-corrected chi connectivity index (χ0v) is 8.53. The number of nitrogens with zero attached hydrogens (tertiary/aromatic N) is 4. The number of ether oxygens (including phenoxy) is 1. The van der Waals surface area contributed by atoms with Crippen molar-refractivity contribution in [2.45, 2.75) is 13.2 Å². The number of carbonyl (C=O) groups is 2. The number of hydrogen-bond acceptors (Lipinski definition) is 4. The minimum Gasteiger partial charge on any atom is -0.459 e. The molecule has 0 radical (unpaired) electrons. The van der Waals surface area contributed by atoms with Crippen molar-refractivity contribution in [3.8, 4) is 0 Å². The molecule has 1 aliphatic rings. The Bertz CT molecular complexity index is 385. The first-order valence-electron chi connectivity index (χ1n) is 4.45. The van der Waals surface area contributed by atoms with E-state index in [-0.39, 0.29) is 19.1 Å². The van der Waals surface area contributed by atoms with E-state index in [1.165, 1.54) is 6.08 Å². The van der Waals surface area contributed by atoms with Gasteiger partial charge in [0.25, 0.3) is 0 Å². The Balaban J connectivity index is 2.37. The number of azide groups is 1.